The quantitative estimate of drug-likeness (QED) is 0.685. The maximum absolute atomic E-state index is 10.9. The van der Waals surface area contributed by atoms with Crippen molar-refractivity contribution in [1.82, 2.24) is 10.6 Å². The summed E-state index contributed by atoms with van der Waals surface area (Å²) in [6, 6.07) is 1.74. The van der Waals surface area contributed by atoms with Crippen LogP contribution in [-0.2, 0) is 6.54 Å². The van der Waals surface area contributed by atoms with Crippen molar-refractivity contribution in [3.8, 4) is 11.8 Å². The number of carbonyl (C=O) groups is 1. The molecule has 0 radical (unpaired) electrons. The first kappa shape index (κ1) is 12.6. The third kappa shape index (κ3) is 4.34. The zero-order chi connectivity index (χ0) is 11.8. The van der Waals surface area contributed by atoms with Crippen molar-refractivity contribution in [3.63, 3.8) is 0 Å². The average molecular weight is 238 g/mol. The van der Waals surface area contributed by atoms with Crippen LogP contribution in [0.4, 0.5) is 4.79 Å². The lowest BCUT2D eigenvalue weighted by Crippen LogP contribution is -2.31. The van der Waals surface area contributed by atoms with Crippen LogP contribution in [-0.4, -0.2) is 24.8 Å². The van der Waals surface area contributed by atoms with Gasteiger partial charge in [-0.2, -0.15) is 0 Å². The van der Waals surface area contributed by atoms with Crippen LogP contribution >= 0.6 is 11.3 Å². The lowest BCUT2D eigenvalue weighted by atomic mass is 10.3. The summed E-state index contributed by atoms with van der Waals surface area (Å²) in [7, 11) is 1.58. The number of nitrogens with one attached hydrogen (secondary N) is 2. The SMILES string of the molecule is CNC(=O)NCc1cc(C#CCCO)cs1. The largest absolute Gasteiger partial charge is 0.395 e. The van der Waals surface area contributed by atoms with Gasteiger partial charge in [0.25, 0.3) is 0 Å². The number of hydrogen-bond acceptors (Lipinski definition) is 3. The minimum atomic E-state index is -0.193. The lowest BCUT2D eigenvalue weighted by molar-refractivity contribution is 0.242. The molecule has 1 rings (SSSR count). The van der Waals surface area contributed by atoms with E-state index < -0.39 is 0 Å². The molecule has 1 heterocycles. The first-order valence-corrected chi connectivity index (χ1v) is 5.77. The van der Waals surface area contributed by atoms with Gasteiger partial charge in [0.1, 0.15) is 0 Å². The second-order valence-electron chi connectivity index (χ2n) is 3.01. The summed E-state index contributed by atoms with van der Waals surface area (Å²) in [5.74, 6) is 5.79. The van der Waals surface area contributed by atoms with Crippen molar-refractivity contribution in [2.45, 2.75) is 13.0 Å². The van der Waals surface area contributed by atoms with E-state index in [2.05, 4.69) is 22.5 Å². The molecule has 16 heavy (non-hydrogen) atoms. The molecular formula is C11H14N2O2S. The zero-order valence-corrected chi connectivity index (χ0v) is 9.86. The molecule has 0 aromatic carbocycles. The number of rotatable bonds is 3. The molecule has 0 fully saturated rings. The average Bonchev–Trinajstić information content (AvgIpc) is 2.74. The second-order valence-corrected chi connectivity index (χ2v) is 4.01. The minimum Gasteiger partial charge on any atom is -0.395 e. The van der Waals surface area contributed by atoms with Gasteiger partial charge in [0.15, 0.2) is 0 Å². The van der Waals surface area contributed by atoms with Crippen LogP contribution in [0.25, 0.3) is 0 Å². The fraction of sp³-hybridized carbons (Fsp3) is 0.364. The molecule has 3 N–H and O–H groups in total. The number of urea groups is 1. The number of amides is 2. The number of aliphatic hydroxyl groups excluding tert-OH is 1. The highest BCUT2D eigenvalue weighted by molar-refractivity contribution is 7.10. The molecule has 0 saturated carbocycles. The highest BCUT2D eigenvalue weighted by Gasteiger charge is 1.99. The summed E-state index contributed by atoms with van der Waals surface area (Å²) in [5, 5.41) is 15.7. The third-order valence-corrected chi connectivity index (χ3v) is 2.71. The Morgan fingerprint density at radius 2 is 2.44 bits per heavy atom. The van der Waals surface area contributed by atoms with Gasteiger partial charge in [-0.1, -0.05) is 11.8 Å². The molecule has 1 aromatic heterocycles. The first-order chi connectivity index (χ1) is 7.76. The molecule has 0 aliphatic rings. The van der Waals surface area contributed by atoms with E-state index in [-0.39, 0.29) is 12.6 Å². The Morgan fingerprint density at radius 3 is 3.12 bits per heavy atom. The third-order valence-electron chi connectivity index (χ3n) is 1.77. The molecule has 2 amide bonds. The van der Waals surface area contributed by atoms with Gasteiger partial charge in [-0.25, -0.2) is 4.79 Å². The van der Waals surface area contributed by atoms with Crippen molar-refractivity contribution in [2.75, 3.05) is 13.7 Å². The Labute approximate surface area is 98.7 Å². The normalized spacial score (nSPS) is 9.12. The smallest absolute Gasteiger partial charge is 0.314 e. The van der Waals surface area contributed by atoms with Gasteiger partial charge in [-0.05, 0) is 6.07 Å². The molecule has 0 unspecified atom stereocenters. The van der Waals surface area contributed by atoms with E-state index in [4.69, 9.17) is 5.11 Å². The van der Waals surface area contributed by atoms with Gasteiger partial charge >= 0.3 is 6.03 Å². The van der Waals surface area contributed by atoms with Crippen LogP contribution in [0, 0.1) is 11.8 Å². The van der Waals surface area contributed by atoms with E-state index in [0.29, 0.717) is 13.0 Å². The van der Waals surface area contributed by atoms with E-state index in [1.165, 1.54) is 0 Å². The van der Waals surface area contributed by atoms with Gasteiger partial charge in [0, 0.05) is 29.3 Å². The standard InChI is InChI=1S/C11H14N2O2S/c1-12-11(15)13-7-10-6-9(8-16-10)4-2-3-5-14/h6,8,14H,3,5,7H2,1H3,(H2,12,13,15). The van der Waals surface area contributed by atoms with Gasteiger partial charge in [0.2, 0.25) is 0 Å². The summed E-state index contributed by atoms with van der Waals surface area (Å²) < 4.78 is 0. The molecule has 0 spiro atoms. The Hall–Kier alpha value is -1.51. The molecule has 5 heteroatoms. The van der Waals surface area contributed by atoms with Crippen molar-refractivity contribution in [1.29, 1.82) is 0 Å². The fourth-order valence-electron chi connectivity index (χ4n) is 1.02. The van der Waals surface area contributed by atoms with Crippen LogP contribution in [0.1, 0.15) is 16.9 Å². The maximum atomic E-state index is 10.9. The summed E-state index contributed by atoms with van der Waals surface area (Å²) in [6.07, 6.45) is 0.488. The van der Waals surface area contributed by atoms with Crippen LogP contribution < -0.4 is 10.6 Å². The molecule has 86 valence electrons. The number of thiophene rings is 1. The Bertz CT molecular complexity index is 404. The lowest BCUT2D eigenvalue weighted by Gasteiger charge is -2.00. The fourth-order valence-corrected chi connectivity index (χ4v) is 1.77. The molecule has 0 atom stereocenters. The summed E-state index contributed by atoms with van der Waals surface area (Å²) in [5.41, 5.74) is 0.923. The van der Waals surface area contributed by atoms with Gasteiger partial charge < -0.3 is 15.7 Å². The summed E-state index contributed by atoms with van der Waals surface area (Å²) in [4.78, 5) is 12.0. The molecule has 4 nitrogen and oxygen atoms in total. The van der Waals surface area contributed by atoms with E-state index in [0.717, 1.165) is 10.4 Å². The number of hydrogen-bond donors (Lipinski definition) is 3. The van der Waals surface area contributed by atoms with Crippen LogP contribution in [0.2, 0.25) is 0 Å². The molecule has 1 aromatic rings. The highest BCUT2D eigenvalue weighted by atomic mass is 32.1. The predicted molar refractivity (Wildman–Crippen MR) is 64.2 cm³/mol. The first-order valence-electron chi connectivity index (χ1n) is 4.89. The van der Waals surface area contributed by atoms with E-state index in [1.807, 2.05) is 11.4 Å². The zero-order valence-electron chi connectivity index (χ0n) is 9.04. The second kappa shape index (κ2) is 6.88. The number of aliphatic hydroxyl groups is 1. The Kier molecular flexibility index (Phi) is 5.40. The van der Waals surface area contributed by atoms with Crippen LogP contribution in [0.3, 0.4) is 0 Å². The van der Waals surface area contributed by atoms with E-state index in [9.17, 15) is 4.79 Å². The Morgan fingerprint density at radius 1 is 1.62 bits per heavy atom. The predicted octanol–water partition coefficient (Wildman–Crippen LogP) is 0.911. The molecule has 0 bridgehead atoms. The van der Waals surface area contributed by atoms with E-state index in [1.54, 1.807) is 18.4 Å². The summed E-state index contributed by atoms with van der Waals surface area (Å²) >= 11 is 1.55. The van der Waals surface area contributed by atoms with Gasteiger partial charge in [-0.15, -0.1) is 11.3 Å². The molecule has 0 aliphatic heterocycles. The van der Waals surface area contributed by atoms with Gasteiger partial charge in [-0.3, -0.25) is 0 Å². The molecule has 0 saturated heterocycles. The van der Waals surface area contributed by atoms with Crippen molar-refractivity contribution < 1.29 is 9.90 Å². The molecular weight excluding hydrogens is 224 g/mol. The minimum absolute atomic E-state index is 0.0855. The van der Waals surface area contributed by atoms with Crippen molar-refractivity contribution in [2.24, 2.45) is 0 Å². The maximum Gasteiger partial charge on any atom is 0.314 e. The Balaban J connectivity index is 2.46. The summed E-state index contributed by atoms with van der Waals surface area (Å²) in [6.45, 7) is 0.592. The number of carbonyl (C=O) groups excluding carboxylic acids is 1. The van der Waals surface area contributed by atoms with Crippen LogP contribution in [0.5, 0.6) is 0 Å². The molecule has 0 aliphatic carbocycles. The van der Waals surface area contributed by atoms with E-state index >= 15 is 0 Å². The van der Waals surface area contributed by atoms with Gasteiger partial charge in [0.05, 0.1) is 13.2 Å². The topological polar surface area (TPSA) is 61.4 Å². The highest BCUT2D eigenvalue weighted by Crippen LogP contribution is 2.13. The van der Waals surface area contributed by atoms with Crippen molar-refractivity contribution >= 4 is 17.4 Å². The monoisotopic (exact) mass is 238 g/mol. The van der Waals surface area contributed by atoms with Crippen molar-refractivity contribution in [3.05, 3.63) is 21.9 Å². The van der Waals surface area contributed by atoms with Crippen LogP contribution in [0.15, 0.2) is 11.4 Å².